The van der Waals surface area contributed by atoms with E-state index in [1.54, 1.807) is 32.2 Å². The van der Waals surface area contributed by atoms with Crippen LogP contribution in [-0.4, -0.2) is 59.2 Å². The van der Waals surface area contributed by atoms with E-state index in [1.165, 1.54) is 29.6 Å². The Morgan fingerprint density at radius 2 is 1.84 bits per heavy atom. The maximum atomic E-state index is 13.0. The number of amides is 1. The first kappa shape index (κ1) is 23.3. The van der Waals surface area contributed by atoms with Gasteiger partial charge in [0.05, 0.1) is 49.0 Å². The van der Waals surface area contributed by atoms with Gasteiger partial charge in [0.25, 0.3) is 5.91 Å². The molecule has 1 unspecified atom stereocenters. The monoisotopic (exact) mass is 468 g/mol. The third-order valence-corrected chi connectivity index (χ3v) is 7.27. The molecule has 1 atom stereocenters. The van der Waals surface area contributed by atoms with Crippen LogP contribution in [0.2, 0.25) is 5.02 Å². The summed E-state index contributed by atoms with van der Waals surface area (Å²) in [6, 6.07) is 8.95. The first-order chi connectivity index (χ1) is 14.8. The Balaban J connectivity index is 1.86. The van der Waals surface area contributed by atoms with E-state index in [9.17, 15) is 13.2 Å². The van der Waals surface area contributed by atoms with Gasteiger partial charge in [-0.2, -0.15) is 4.31 Å². The molecule has 10 heteroatoms. The van der Waals surface area contributed by atoms with Crippen LogP contribution in [-0.2, 0) is 14.8 Å². The molecule has 1 heterocycles. The highest BCUT2D eigenvalue weighted by atomic mass is 35.5. The number of nitrogens with one attached hydrogen (secondary N) is 1. The van der Waals surface area contributed by atoms with Crippen molar-refractivity contribution >= 4 is 27.5 Å². The molecule has 168 valence electrons. The number of hydrogen-bond acceptors (Lipinski definition) is 6. The molecule has 0 aromatic heterocycles. The van der Waals surface area contributed by atoms with Gasteiger partial charge in [-0.1, -0.05) is 11.6 Å². The van der Waals surface area contributed by atoms with Crippen molar-refractivity contribution in [3.63, 3.8) is 0 Å². The van der Waals surface area contributed by atoms with Crippen molar-refractivity contribution < 1.29 is 27.4 Å². The summed E-state index contributed by atoms with van der Waals surface area (Å²) in [5, 5.41) is 3.01. The number of nitrogens with zero attached hydrogens (tertiary/aromatic N) is 1. The largest absolute Gasteiger partial charge is 0.497 e. The lowest BCUT2D eigenvalue weighted by molar-refractivity contribution is 0.0730. The molecule has 0 spiro atoms. The second-order valence-electron chi connectivity index (χ2n) is 6.96. The molecule has 2 aromatic rings. The molecule has 1 N–H and O–H groups in total. The van der Waals surface area contributed by atoms with Gasteiger partial charge < -0.3 is 19.5 Å². The van der Waals surface area contributed by atoms with Crippen LogP contribution in [0.4, 0.5) is 0 Å². The van der Waals surface area contributed by atoms with Crippen LogP contribution in [0.15, 0.2) is 41.3 Å². The topological polar surface area (TPSA) is 94.2 Å². The Kier molecular flexibility index (Phi) is 7.42. The van der Waals surface area contributed by atoms with Gasteiger partial charge in [0.1, 0.15) is 11.5 Å². The average molecular weight is 469 g/mol. The summed E-state index contributed by atoms with van der Waals surface area (Å²) in [5.41, 5.74) is 0.785. The van der Waals surface area contributed by atoms with Crippen molar-refractivity contribution in [1.29, 1.82) is 0 Å². The average Bonchev–Trinajstić information content (AvgIpc) is 2.79. The fourth-order valence-electron chi connectivity index (χ4n) is 3.30. The number of benzene rings is 2. The molecule has 0 bridgehead atoms. The SMILES string of the molecule is COc1ccc(OC)c(C(C)NC(=O)c2cc(S(=O)(=O)N3CCOCC3)ccc2Cl)c1. The molecule has 8 nitrogen and oxygen atoms in total. The van der Waals surface area contributed by atoms with Gasteiger partial charge in [-0.3, -0.25) is 4.79 Å². The molecular formula is C21H25ClN2O6S. The van der Waals surface area contributed by atoms with Gasteiger partial charge in [-0.25, -0.2) is 8.42 Å². The van der Waals surface area contributed by atoms with E-state index in [2.05, 4.69) is 5.32 Å². The van der Waals surface area contributed by atoms with Crippen molar-refractivity contribution in [3.8, 4) is 11.5 Å². The van der Waals surface area contributed by atoms with Gasteiger partial charge in [-0.15, -0.1) is 0 Å². The minimum Gasteiger partial charge on any atom is -0.497 e. The van der Waals surface area contributed by atoms with Crippen LogP contribution >= 0.6 is 11.6 Å². The summed E-state index contributed by atoms with van der Waals surface area (Å²) in [6.07, 6.45) is 0. The predicted molar refractivity (Wildman–Crippen MR) is 116 cm³/mol. The van der Waals surface area contributed by atoms with E-state index in [1.807, 2.05) is 0 Å². The lowest BCUT2D eigenvalue weighted by Crippen LogP contribution is -2.40. The maximum absolute atomic E-state index is 13.0. The standard InChI is InChI=1S/C21H25ClN2O6S/c1-14(17-12-15(28-2)4-7-20(17)29-3)23-21(25)18-13-16(5-6-19(18)22)31(26,27)24-8-10-30-11-9-24/h4-7,12-14H,8-11H2,1-3H3,(H,23,25). The van der Waals surface area contributed by atoms with Gasteiger partial charge in [0.15, 0.2) is 0 Å². The van der Waals surface area contributed by atoms with Crippen LogP contribution in [0, 0.1) is 0 Å². The maximum Gasteiger partial charge on any atom is 0.253 e. The molecule has 3 rings (SSSR count). The quantitative estimate of drug-likeness (QED) is 0.671. The fraction of sp³-hybridized carbons (Fsp3) is 0.381. The highest BCUT2D eigenvalue weighted by molar-refractivity contribution is 7.89. The van der Waals surface area contributed by atoms with E-state index in [0.29, 0.717) is 30.3 Å². The van der Waals surface area contributed by atoms with Gasteiger partial charge in [-0.05, 0) is 43.3 Å². The van der Waals surface area contributed by atoms with Crippen LogP contribution in [0.5, 0.6) is 11.5 Å². The molecule has 1 amide bonds. The first-order valence-electron chi connectivity index (χ1n) is 9.68. The lowest BCUT2D eigenvalue weighted by atomic mass is 10.1. The number of sulfonamides is 1. The Labute approximate surface area is 187 Å². The normalized spacial score (nSPS) is 15.9. The van der Waals surface area contributed by atoms with Crippen LogP contribution in [0.3, 0.4) is 0 Å². The van der Waals surface area contributed by atoms with Crippen LogP contribution < -0.4 is 14.8 Å². The molecule has 0 saturated carbocycles. The number of methoxy groups -OCH3 is 2. The molecule has 1 fully saturated rings. The number of morpholine rings is 1. The zero-order valence-corrected chi connectivity index (χ0v) is 19.1. The Morgan fingerprint density at radius 3 is 2.48 bits per heavy atom. The van der Waals surface area contributed by atoms with E-state index in [4.69, 9.17) is 25.8 Å². The number of carbonyl (C=O) groups is 1. The summed E-state index contributed by atoms with van der Waals surface area (Å²) >= 11 is 6.23. The highest BCUT2D eigenvalue weighted by Crippen LogP contribution is 2.30. The van der Waals surface area contributed by atoms with Crippen molar-refractivity contribution in [3.05, 3.63) is 52.5 Å². The smallest absolute Gasteiger partial charge is 0.253 e. The predicted octanol–water partition coefficient (Wildman–Crippen LogP) is 2.87. The molecular weight excluding hydrogens is 444 g/mol. The first-order valence-corrected chi connectivity index (χ1v) is 11.5. The zero-order valence-electron chi connectivity index (χ0n) is 17.6. The van der Waals surface area contributed by atoms with Crippen molar-refractivity contribution in [1.82, 2.24) is 9.62 Å². The number of carbonyl (C=O) groups excluding carboxylic acids is 1. The van der Waals surface area contributed by atoms with Gasteiger partial charge >= 0.3 is 0 Å². The van der Waals surface area contributed by atoms with E-state index < -0.39 is 22.0 Å². The van der Waals surface area contributed by atoms with Gasteiger partial charge in [0.2, 0.25) is 10.0 Å². The van der Waals surface area contributed by atoms with E-state index in [-0.39, 0.29) is 28.6 Å². The molecule has 1 aliphatic rings. The molecule has 1 saturated heterocycles. The summed E-state index contributed by atoms with van der Waals surface area (Å²) in [5.74, 6) is 0.707. The van der Waals surface area contributed by atoms with Crippen LogP contribution in [0.25, 0.3) is 0 Å². The number of hydrogen-bond donors (Lipinski definition) is 1. The fourth-order valence-corrected chi connectivity index (χ4v) is 4.94. The Bertz CT molecular complexity index is 1050. The minimum atomic E-state index is -3.76. The Hall–Kier alpha value is -2.33. The number of ether oxygens (including phenoxy) is 3. The molecule has 1 aliphatic heterocycles. The van der Waals surface area contributed by atoms with Crippen LogP contribution in [0.1, 0.15) is 28.9 Å². The summed E-state index contributed by atoms with van der Waals surface area (Å²) in [7, 11) is -0.668. The molecule has 31 heavy (non-hydrogen) atoms. The van der Waals surface area contributed by atoms with E-state index >= 15 is 0 Å². The van der Waals surface area contributed by atoms with Crippen molar-refractivity contribution in [2.45, 2.75) is 17.9 Å². The summed E-state index contributed by atoms with van der Waals surface area (Å²) in [4.78, 5) is 13.0. The van der Waals surface area contributed by atoms with Crippen molar-refractivity contribution in [2.75, 3.05) is 40.5 Å². The highest BCUT2D eigenvalue weighted by Gasteiger charge is 2.28. The second kappa shape index (κ2) is 9.86. The third kappa shape index (κ3) is 5.12. The number of halogens is 1. The van der Waals surface area contributed by atoms with E-state index in [0.717, 1.165) is 0 Å². The minimum absolute atomic E-state index is 0.00978. The second-order valence-corrected chi connectivity index (χ2v) is 9.31. The molecule has 2 aromatic carbocycles. The van der Waals surface area contributed by atoms with Crippen molar-refractivity contribution in [2.24, 2.45) is 0 Å². The summed E-state index contributed by atoms with van der Waals surface area (Å²) < 4.78 is 43.1. The molecule has 0 aliphatic carbocycles. The third-order valence-electron chi connectivity index (χ3n) is 5.04. The zero-order chi connectivity index (χ0) is 22.6. The lowest BCUT2D eigenvalue weighted by Gasteiger charge is -2.26. The number of rotatable bonds is 7. The Morgan fingerprint density at radius 1 is 1.13 bits per heavy atom. The van der Waals surface area contributed by atoms with Gasteiger partial charge in [0, 0.05) is 18.7 Å². The molecule has 0 radical (unpaired) electrons. The summed E-state index contributed by atoms with van der Waals surface area (Å²) in [6.45, 7) is 2.98.